The van der Waals surface area contributed by atoms with Crippen LogP contribution in [-0.2, 0) is 11.2 Å². The number of halogens is 1. The fourth-order valence-corrected chi connectivity index (χ4v) is 1.15. The van der Waals surface area contributed by atoms with Crippen LogP contribution in [0.15, 0.2) is 18.2 Å². The predicted molar refractivity (Wildman–Crippen MR) is 48.6 cm³/mol. The Labute approximate surface area is 83.6 Å². The van der Waals surface area contributed by atoms with Gasteiger partial charge >= 0.3 is 5.97 Å². The zero-order chi connectivity index (χ0) is 10.8. The molecule has 2 aromatic rings. The Morgan fingerprint density at radius 2 is 2.13 bits per heavy atom. The van der Waals surface area contributed by atoms with E-state index < -0.39 is 11.8 Å². The molecule has 0 saturated carbocycles. The standard InChI is InChI=1S/C9H6FN3O2/c10-5-1-2-6-7(3-5)12-13-8(11-6)4-9(14)15/h1-3H,4H2,(H,14,15). The van der Waals surface area contributed by atoms with Gasteiger partial charge in [-0.05, 0) is 12.1 Å². The number of hydrogen-bond acceptors (Lipinski definition) is 4. The highest BCUT2D eigenvalue weighted by molar-refractivity contribution is 5.74. The molecule has 0 unspecified atom stereocenters. The number of fused-ring (bicyclic) bond motifs is 1. The lowest BCUT2D eigenvalue weighted by Crippen LogP contribution is -2.06. The maximum Gasteiger partial charge on any atom is 0.311 e. The highest BCUT2D eigenvalue weighted by atomic mass is 19.1. The Morgan fingerprint density at radius 1 is 1.33 bits per heavy atom. The van der Waals surface area contributed by atoms with Gasteiger partial charge in [-0.15, -0.1) is 10.2 Å². The molecule has 1 aromatic heterocycles. The molecule has 6 heteroatoms. The van der Waals surface area contributed by atoms with Crippen LogP contribution in [0.4, 0.5) is 4.39 Å². The number of benzene rings is 1. The van der Waals surface area contributed by atoms with Crippen molar-refractivity contribution in [2.45, 2.75) is 6.42 Å². The van der Waals surface area contributed by atoms with Crippen molar-refractivity contribution in [2.75, 3.05) is 0 Å². The van der Waals surface area contributed by atoms with Crippen molar-refractivity contribution in [1.82, 2.24) is 15.2 Å². The first-order chi connectivity index (χ1) is 7.15. The molecular weight excluding hydrogens is 201 g/mol. The Kier molecular flexibility index (Phi) is 2.24. The SMILES string of the molecule is O=C(O)Cc1nnc2cc(F)ccc2n1. The van der Waals surface area contributed by atoms with Crippen LogP contribution < -0.4 is 0 Å². The van der Waals surface area contributed by atoms with Crippen molar-refractivity contribution in [3.8, 4) is 0 Å². The van der Waals surface area contributed by atoms with Crippen LogP contribution in [0.5, 0.6) is 0 Å². The molecule has 0 fully saturated rings. The third kappa shape index (κ3) is 2.04. The number of nitrogens with zero attached hydrogens (tertiary/aromatic N) is 3. The smallest absolute Gasteiger partial charge is 0.311 e. The van der Waals surface area contributed by atoms with Crippen molar-refractivity contribution in [3.05, 3.63) is 29.8 Å². The van der Waals surface area contributed by atoms with Crippen molar-refractivity contribution >= 4 is 17.0 Å². The van der Waals surface area contributed by atoms with E-state index in [0.29, 0.717) is 11.0 Å². The largest absolute Gasteiger partial charge is 0.481 e. The van der Waals surface area contributed by atoms with Gasteiger partial charge in [0, 0.05) is 6.07 Å². The molecule has 1 heterocycles. The summed E-state index contributed by atoms with van der Waals surface area (Å²) in [6.45, 7) is 0. The summed E-state index contributed by atoms with van der Waals surface area (Å²) in [6, 6.07) is 3.87. The molecule has 15 heavy (non-hydrogen) atoms. The van der Waals surface area contributed by atoms with Crippen molar-refractivity contribution < 1.29 is 14.3 Å². The molecular formula is C9H6FN3O2. The van der Waals surface area contributed by atoms with Crippen LogP contribution >= 0.6 is 0 Å². The van der Waals surface area contributed by atoms with E-state index in [1.54, 1.807) is 0 Å². The highest BCUT2D eigenvalue weighted by Gasteiger charge is 2.06. The molecule has 1 aromatic carbocycles. The first-order valence-corrected chi connectivity index (χ1v) is 4.16. The van der Waals surface area contributed by atoms with Gasteiger partial charge in [0.15, 0.2) is 5.82 Å². The summed E-state index contributed by atoms with van der Waals surface area (Å²) in [7, 11) is 0. The zero-order valence-electron chi connectivity index (χ0n) is 7.51. The lowest BCUT2D eigenvalue weighted by molar-refractivity contribution is -0.136. The summed E-state index contributed by atoms with van der Waals surface area (Å²) in [4.78, 5) is 14.3. The monoisotopic (exact) mass is 207 g/mol. The van der Waals surface area contributed by atoms with Gasteiger partial charge in [0.05, 0.1) is 5.52 Å². The van der Waals surface area contributed by atoms with E-state index in [-0.39, 0.29) is 12.2 Å². The van der Waals surface area contributed by atoms with Gasteiger partial charge in [-0.1, -0.05) is 0 Å². The summed E-state index contributed by atoms with van der Waals surface area (Å²) >= 11 is 0. The van der Waals surface area contributed by atoms with Gasteiger partial charge in [0.2, 0.25) is 0 Å². The summed E-state index contributed by atoms with van der Waals surface area (Å²) in [6.07, 6.45) is -0.291. The number of rotatable bonds is 2. The second-order valence-corrected chi connectivity index (χ2v) is 2.93. The second-order valence-electron chi connectivity index (χ2n) is 2.93. The molecule has 0 atom stereocenters. The van der Waals surface area contributed by atoms with E-state index in [2.05, 4.69) is 15.2 Å². The van der Waals surface area contributed by atoms with Crippen LogP contribution in [0.2, 0.25) is 0 Å². The quantitative estimate of drug-likeness (QED) is 0.787. The Morgan fingerprint density at radius 3 is 2.87 bits per heavy atom. The molecule has 0 aliphatic rings. The van der Waals surface area contributed by atoms with Gasteiger partial charge < -0.3 is 5.11 Å². The van der Waals surface area contributed by atoms with Crippen molar-refractivity contribution in [3.63, 3.8) is 0 Å². The van der Waals surface area contributed by atoms with E-state index in [9.17, 15) is 9.18 Å². The molecule has 1 N–H and O–H groups in total. The van der Waals surface area contributed by atoms with Crippen LogP contribution in [-0.4, -0.2) is 26.3 Å². The molecule has 0 spiro atoms. The average Bonchev–Trinajstić information content (AvgIpc) is 2.17. The van der Waals surface area contributed by atoms with Crippen LogP contribution in [0, 0.1) is 5.82 Å². The summed E-state index contributed by atoms with van der Waals surface area (Å²) in [5, 5.41) is 15.8. The van der Waals surface area contributed by atoms with Gasteiger partial charge in [0.1, 0.15) is 17.8 Å². The average molecular weight is 207 g/mol. The lowest BCUT2D eigenvalue weighted by atomic mass is 10.3. The van der Waals surface area contributed by atoms with Gasteiger partial charge in [-0.3, -0.25) is 4.79 Å². The van der Waals surface area contributed by atoms with Crippen molar-refractivity contribution in [2.24, 2.45) is 0 Å². The number of aromatic nitrogens is 3. The van der Waals surface area contributed by atoms with Gasteiger partial charge in [-0.25, -0.2) is 9.37 Å². The number of hydrogen-bond donors (Lipinski definition) is 1. The second kappa shape index (κ2) is 3.56. The predicted octanol–water partition coefficient (Wildman–Crippen LogP) is 0.791. The fraction of sp³-hybridized carbons (Fsp3) is 0.111. The molecule has 5 nitrogen and oxygen atoms in total. The Balaban J connectivity index is 2.47. The van der Waals surface area contributed by atoms with Crippen LogP contribution in [0.25, 0.3) is 11.0 Å². The van der Waals surface area contributed by atoms with E-state index in [0.717, 1.165) is 0 Å². The number of carboxylic acid groups (broad SMARTS) is 1. The minimum absolute atomic E-state index is 0.113. The van der Waals surface area contributed by atoms with Gasteiger partial charge in [-0.2, -0.15) is 0 Å². The molecule has 2 rings (SSSR count). The summed E-state index contributed by atoms with van der Waals surface area (Å²) in [5.74, 6) is -1.34. The normalized spacial score (nSPS) is 10.5. The first kappa shape index (κ1) is 9.45. The third-order valence-corrected chi connectivity index (χ3v) is 1.77. The number of carboxylic acids is 1. The Hall–Kier alpha value is -2.11. The van der Waals surface area contributed by atoms with E-state index in [1.807, 2.05) is 0 Å². The zero-order valence-corrected chi connectivity index (χ0v) is 7.51. The van der Waals surface area contributed by atoms with E-state index >= 15 is 0 Å². The minimum Gasteiger partial charge on any atom is -0.481 e. The summed E-state index contributed by atoms with van der Waals surface area (Å²) < 4.78 is 12.8. The number of aliphatic carboxylic acids is 1. The molecule has 0 bridgehead atoms. The highest BCUT2D eigenvalue weighted by Crippen LogP contribution is 2.09. The fourth-order valence-electron chi connectivity index (χ4n) is 1.15. The molecule has 0 aliphatic heterocycles. The van der Waals surface area contributed by atoms with Crippen molar-refractivity contribution in [1.29, 1.82) is 0 Å². The third-order valence-electron chi connectivity index (χ3n) is 1.77. The van der Waals surface area contributed by atoms with E-state index in [4.69, 9.17) is 5.11 Å². The molecule has 0 radical (unpaired) electrons. The minimum atomic E-state index is -1.03. The van der Waals surface area contributed by atoms with E-state index in [1.165, 1.54) is 18.2 Å². The lowest BCUT2D eigenvalue weighted by Gasteiger charge is -1.98. The van der Waals surface area contributed by atoms with Crippen LogP contribution in [0.3, 0.4) is 0 Å². The molecule has 76 valence electrons. The molecule has 0 aliphatic carbocycles. The molecule has 0 amide bonds. The van der Waals surface area contributed by atoms with Crippen LogP contribution in [0.1, 0.15) is 5.82 Å². The number of carbonyl (C=O) groups is 1. The Bertz CT molecular complexity index is 530. The van der Waals surface area contributed by atoms with Gasteiger partial charge in [0.25, 0.3) is 0 Å². The maximum atomic E-state index is 12.8. The first-order valence-electron chi connectivity index (χ1n) is 4.16. The molecule has 0 saturated heterocycles. The summed E-state index contributed by atoms with van der Waals surface area (Å²) in [5.41, 5.74) is 0.742. The topological polar surface area (TPSA) is 76.0 Å². The maximum absolute atomic E-state index is 12.8.